The Hall–Kier alpha value is -0.710. The zero-order valence-electron chi connectivity index (χ0n) is 8.90. The highest BCUT2D eigenvalue weighted by Gasteiger charge is 2.23. The van der Waals surface area contributed by atoms with Crippen LogP contribution in [0.5, 0.6) is 0 Å². The number of hydrogen-bond donors (Lipinski definition) is 2. The average molecular weight is 219 g/mol. The van der Waals surface area contributed by atoms with Crippen LogP contribution >= 0.6 is 11.8 Å². The molecule has 0 radical (unpaired) electrons. The molecule has 1 atom stereocenters. The molecular weight excluding hydrogens is 202 g/mol. The van der Waals surface area contributed by atoms with E-state index in [4.69, 9.17) is 5.11 Å². The zero-order valence-corrected chi connectivity index (χ0v) is 9.72. The first-order chi connectivity index (χ1) is 6.34. The molecule has 0 spiro atoms. The maximum Gasteiger partial charge on any atom is 0.326 e. The topological polar surface area (TPSA) is 66.4 Å². The van der Waals surface area contributed by atoms with E-state index >= 15 is 0 Å². The second-order valence-electron chi connectivity index (χ2n) is 3.66. The zero-order chi connectivity index (χ0) is 11.3. The van der Waals surface area contributed by atoms with Gasteiger partial charge in [0.05, 0.1) is 0 Å². The SMILES string of the molecule is CC(C)SC(=O)N[C@H](C(=O)O)C(C)C. The third-order valence-electron chi connectivity index (χ3n) is 1.55. The summed E-state index contributed by atoms with van der Waals surface area (Å²) < 4.78 is 0. The highest BCUT2D eigenvalue weighted by molar-refractivity contribution is 8.14. The molecule has 0 bridgehead atoms. The first-order valence-electron chi connectivity index (χ1n) is 4.54. The summed E-state index contributed by atoms with van der Waals surface area (Å²) in [6.45, 7) is 7.29. The van der Waals surface area contributed by atoms with Crippen molar-refractivity contribution in [3.63, 3.8) is 0 Å². The number of amides is 1. The molecule has 0 aliphatic heterocycles. The summed E-state index contributed by atoms with van der Waals surface area (Å²) in [4.78, 5) is 22.0. The van der Waals surface area contributed by atoms with Crippen LogP contribution in [0.15, 0.2) is 0 Å². The van der Waals surface area contributed by atoms with Crippen molar-refractivity contribution in [2.24, 2.45) is 5.92 Å². The van der Waals surface area contributed by atoms with Gasteiger partial charge in [0.25, 0.3) is 5.24 Å². The molecule has 0 aliphatic carbocycles. The Morgan fingerprint density at radius 1 is 1.21 bits per heavy atom. The maximum absolute atomic E-state index is 11.3. The number of thioether (sulfide) groups is 1. The largest absolute Gasteiger partial charge is 0.480 e. The molecule has 4 nitrogen and oxygen atoms in total. The van der Waals surface area contributed by atoms with Gasteiger partial charge in [-0.2, -0.15) is 0 Å². The molecule has 0 aromatic rings. The fourth-order valence-corrected chi connectivity index (χ4v) is 1.51. The summed E-state index contributed by atoms with van der Waals surface area (Å²) in [7, 11) is 0. The highest BCUT2D eigenvalue weighted by atomic mass is 32.2. The van der Waals surface area contributed by atoms with Gasteiger partial charge >= 0.3 is 5.97 Å². The van der Waals surface area contributed by atoms with Crippen molar-refractivity contribution in [2.45, 2.75) is 39.0 Å². The van der Waals surface area contributed by atoms with Crippen molar-refractivity contribution in [2.75, 3.05) is 0 Å². The summed E-state index contributed by atoms with van der Waals surface area (Å²) in [5.74, 6) is -1.10. The van der Waals surface area contributed by atoms with Gasteiger partial charge in [0, 0.05) is 5.25 Å². The van der Waals surface area contributed by atoms with Crippen molar-refractivity contribution >= 4 is 23.0 Å². The minimum Gasteiger partial charge on any atom is -0.480 e. The minimum atomic E-state index is -0.988. The van der Waals surface area contributed by atoms with Gasteiger partial charge in [-0.15, -0.1) is 0 Å². The molecular formula is C9H17NO3S. The molecule has 82 valence electrons. The Balaban J connectivity index is 4.17. The highest BCUT2D eigenvalue weighted by Crippen LogP contribution is 2.12. The first-order valence-corrected chi connectivity index (χ1v) is 5.42. The summed E-state index contributed by atoms with van der Waals surface area (Å²) in [5, 5.41) is 11.2. The van der Waals surface area contributed by atoms with E-state index in [9.17, 15) is 9.59 Å². The standard InChI is InChI=1S/C9H17NO3S/c1-5(2)7(8(11)12)10-9(13)14-6(3)4/h5-7H,1-4H3,(H,10,13)(H,11,12)/t7-/m0/s1. The lowest BCUT2D eigenvalue weighted by atomic mass is 10.1. The molecule has 2 N–H and O–H groups in total. The first kappa shape index (κ1) is 13.3. The third kappa shape index (κ3) is 5.11. The monoisotopic (exact) mass is 219 g/mol. The Labute approximate surface area is 88.4 Å². The van der Waals surface area contributed by atoms with Crippen LogP contribution in [0.1, 0.15) is 27.7 Å². The van der Waals surface area contributed by atoms with Crippen LogP contribution in [-0.2, 0) is 4.79 Å². The van der Waals surface area contributed by atoms with Crippen LogP contribution in [0, 0.1) is 5.92 Å². The molecule has 1 amide bonds. The van der Waals surface area contributed by atoms with Gasteiger partial charge in [0.15, 0.2) is 0 Å². The molecule has 0 saturated heterocycles. The third-order valence-corrected chi connectivity index (χ3v) is 2.35. The maximum atomic E-state index is 11.3. The molecule has 0 unspecified atom stereocenters. The van der Waals surface area contributed by atoms with E-state index < -0.39 is 12.0 Å². The van der Waals surface area contributed by atoms with Crippen molar-refractivity contribution in [1.29, 1.82) is 0 Å². The van der Waals surface area contributed by atoms with Crippen LogP contribution in [-0.4, -0.2) is 27.6 Å². The number of rotatable bonds is 4. The van der Waals surface area contributed by atoms with E-state index in [1.807, 2.05) is 13.8 Å². The smallest absolute Gasteiger partial charge is 0.326 e. The molecule has 0 heterocycles. The number of nitrogens with one attached hydrogen (secondary N) is 1. The van der Waals surface area contributed by atoms with Crippen molar-refractivity contribution in [1.82, 2.24) is 5.32 Å². The van der Waals surface area contributed by atoms with E-state index in [-0.39, 0.29) is 16.4 Å². The predicted molar refractivity (Wildman–Crippen MR) is 57.5 cm³/mol. The van der Waals surface area contributed by atoms with E-state index in [0.717, 1.165) is 11.8 Å². The molecule has 14 heavy (non-hydrogen) atoms. The number of carbonyl (C=O) groups excluding carboxylic acids is 1. The quantitative estimate of drug-likeness (QED) is 0.758. The second kappa shape index (κ2) is 5.90. The molecule has 0 saturated carbocycles. The second-order valence-corrected chi connectivity index (χ2v) is 5.21. The summed E-state index contributed by atoms with van der Waals surface area (Å²) >= 11 is 1.10. The lowest BCUT2D eigenvalue weighted by Gasteiger charge is -2.17. The normalized spacial score (nSPS) is 13.0. The average Bonchev–Trinajstić information content (AvgIpc) is 1.97. The van der Waals surface area contributed by atoms with Crippen LogP contribution < -0.4 is 5.32 Å². The summed E-state index contributed by atoms with van der Waals surface area (Å²) in [6, 6.07) is -0.797. The van der Waals surface area contributed by atoms with Gasteiger partial charge in [-0.05, 0) is 5.92 Å². The number of carboxylic acid groups (broad SMARTS) is 1. The van der Waals surface area contributed by atoms with E-state index in [0.29, 0.717) is 0 Å². The summed E-state index contributed by atoms with van der Waals surface area (Å²) in [5.41, 5.74) is 0. The van der Waals surface area contributed by atoms with Crippen LogP contribution in [0.4, 0.5) is 4.79 Å². The van der Waals surface area contributed by atoms with Gasteiger partial charge in [0.2, 0.25) is 0 Å². The number of hydrogen-bond acceptors (Lipinski definition) is 3. The van der Waals surface area contributed by atoms with Crippen LogP contribution in [0.2, 0.25) is 0 Å². The molecule has 5 heteroatoms. The van der Waals surface area contributed by atoms with Crippen molar-refractivity contribution in [3.05, 3.63) is 0 Å². The Morgan fingerprint density at radius 2 is 1.71 bits per heavy atom. The molecule has 0 aromatic carbocycles. The van der Waals surface area contributed by atoms with Crippen LogP contribution in [0.25, 0.3) is 0 Å². The van der Waals surface area contributed by atoms with Gasteiger partial charge < -0.3 is 10.4 Å². The van der Waals surface area contributed by atoms with Crippen LogP contribution in [0.3, 0.4) is 0 Å². The van der Waals surface area contributed by atoms with Gasteiger partial charge in [0.1, 0.15) is 6.04 Å². The molecule has 0 aromatic heterocycles. The van der Waals surface area contributed by atoms with Gasteiger partial charge in [-0.25, -0.2) is 4.79 Å². The molecule has 0 rings (SSSR count). The Morgan fingerprint density at radius 3 is 2.00 bits per heavy atom. The van der Waals surface area contributed by atoms with E-state index in [1.54, 1.807) is 13.8 Å². The van der Waals surface area contributed by atoms with Gasteiger partial charge in [-0.3, -0.25) is 4.79 Å². The van der Waals surface area contributed by atoms with E-state index in [2.05, 4.69) is 5.32 Å². The molecule has 0 aliphatic rings. The fraction of sp³-hybridized carbons (Fsp3) is 0.778. The lowest BCUT2D eigenvalue weighted by Crippen LogP contribution is -2.43. The Bertz CT molecular complexity index is 216. The predicted octanol–water partition coefficient (Wildman–Crippen LogP) is 1.95. The number of aliphatic carboxylic acids is 1. The lowest BCUT2D eigenvalue weighted by molar-refractivity contribution is -0.140. The summed E-state index contributed by atoms with van der Waals surface area (Å²) in [6.07, 6.45) is 0. The van der Waals surface area contributed by atoms with E-state index in [1.165, 1.54) is 0 Å². The Kier molecular flexibility index (Phi) is 5.60. The number of carboxylic acids is 1. The van der Waals surface area contributed by atoms with Gasteiger partial charge in [-0.1, -0.05) is 39.5 Å². The van der Waals surface area contributed by atoms with Crippen molar-refractivity contribution < 1.29 is 14.7 Å². The van der Waals surface area contributed by atoms with Crippen molar-refractivity contribution in [3.8, 4) is 0 Å². The fourth-order valence-electron chi connectivity index (χ4n) is 0.889. The minimum absolute atomic E-state index is 0.107. The number of carbonyl (C=O) groups is 2. The molecule has 0 fully saturated rings.